The van der Waals surface area contributed by atoms with Gasteiger partial charge in [0.2, 0.25) is 5.69 Å². The third-order valence-electron chi connectivity index (χ3n) is 3.62. The lowest BCUT2D eigenvalue weighted by molar-refractivity contribution is -0.145. The smallest absolute Gasteiger partial charge is 0.305 e. The molecule has 0 amide bonds. The number of hydrogen-bond acceptors (Lipinski definition) is 6. The first-order chi connectivity index (χ1) is 10.5. The molecule has 23 heavy (non-hydrogen) atoms. The van der Waals surface area contributed by atoms with E-state index < -0.39 is 5.69 Å². The molecule has 0 spiro atoms. The first kappa shape index (κ1) is 23.4. The third-order valence-corrected chi connectivity index (χ3v) is 5.86. The minimum Gasteiger partial charge on any atom is -0.463 e. The third kappa shape index (κ3) is 12.4. The van der Waals surface area contributed by atoms with Gasteiger partial charge in [-0.3, -0.25) is 4.79 Å². The molecule has 1 saturated heterocycles. The summed E-state index contributed by atoms with van der Waals surface area (Å²) in [6.45, 7) is 2.82. The van der Waals surface area contributed by atoms with Crippen LogP contribution in [0.2, 0.25) is 0 Å². The number of hydrogen-bond donors (Lipinski definition) is 2. The second kappa shape index (κ2) is 13.6. The zero-order valence-corrected chi connectivity index (χ0v) is 16.8. The van der Waals surface area contributed by atoms with Crippen molar-refractivity contribution in [2.75, 3.05) is 13.2 Å². The lowest BCUT2D eigenvalue weighted by atomic mass is 10.1. The number of thiol groups is 1. The van der Waals surface area contributed by atoms with Gasteiger partial charge in [0.05, 0.1) is 6.61 Å². The molecule has 0 aromatic heterocycles. The summed E-state index contributed by atoms with van der Waals surface area (Å²) < 4.78 is 15.8. The van der Waals surface area contributed by atoms with Gasteiger partial charge in [0.15, 0.2) is 0 Å². The van der Waals surface area contributed by atoms with Crippen LogP contribution in [-0.4, -0.2) is 25.3 Å². The predicted octanol–water partition coefficient (Wildman–Crippen LogP) is 5.18. The van der Waals surface area contributed by atoms with Gasteiger partial charge in [-0.25, -0.2) is 0 Å². The van der Waals surface area contributed by atoms with Crippen molar-refractivity contribution in [2.45, 2.75) is 77.2 Å². The Labute approximate surface area is 151 Å². The SMILES string of the molecule is CCCCCCCCCCCC(=O)OCC1COP(=S)(S)O1.N. The summed E-state index contributed by atoms with van der Waals surface area (Å²) in [6, 6.07) is 0. The monoisotopic (exact) mass is 385 g/mol. The Kier molecular flexibility index (Phi) is 13.8. The molecule has 0 bridgehead atoms. The fourth-order valence-electron chi connectivity index (χ4n) is 2.34. The van der Waals surface area contributed by atoms with Crippen LogP contribution in [0.4, 0.5) is 0 Å². The number of rotatable bonds is 12. The highest BCUT2D eigenvalue weighted by atomic mass is 32.9. The minimum atomic E-state index is -2.37. The maximum Gasteiger partial charge on any atom is 0.305 e. The normalized spacial score (nSPS) is 23.5. The predicted molar refractivity (Wildman–Crippen MR) is 102 cm³/mol. The topological polar surface area (TPSA) is 79.8 Å². The molecule has 1 aliphatic rings. The summed E-state index contributed by atoms with van der Waals surface area (Å²) in [5.74, 6) is -0.161. The van der Waals surface area contributed by atoms with Gasteiger partial charge in [-0.15, -0.1) is 0 Å². The summed E-state index contributed by atoms with van der Waals surface area (Å²) in [6.07, 6.45) is 11.4. The fourth-order valence-corrected chi connectivity index (χ4v) is 4.40. The summed E-state index contributed by atoms with van der Waals surface area (Å²) in [7, 11) is 0. The highest BCUT2D eigenvalue weighted by Crippen LogP contribution is 2.58. The molecular formula is C15H32NO4PS2. The molecule has 2 atom stereocenters. The standard InChI is InChI=1S/C15H29O4PS2.H3N/c1-2-3-4-5-6-7-8-9-10-11-15(16)17-12-14-13-18-20(21,22)19-14;/h14H,2-13H2,1H3,(H,21,22);1H3. The molecule has 1 fully saturated rings. The Morgan fingerprint density at radius 1 is 1.17 bits per heavy atom. The van der Waals surface area contributed by atoms with Crippen molar-refractivity contribution in [3.05, 3.63) is 0 Å². The molecule has 1 aliphatic heterocycles. The van der Waals surface area contributed by atoms with Crippen LogP contribution in [0.15, 0.2) is 0 Å². The fraction of sp³-hybridized carbons (Fsp3) is 0.933. The molecule has 1 heterocycles. The Morgan fingerprint density at radius 3 is 2.26 bits per heavy atom. The Bertz CT molecular complexity index is 371. The molecule has 0 aliphatic carbocycles. The Balaban J connectivity index is 0.00000484. The van der Waals surface area contributed by atoms with Crippen LogP contribution >= 0.6 is 17.9 Å². The van der Waals surface area contributed by atoms with Crippen molar-refractivity contribution in [3.8, 4) is 0 Å². The van der Waals surface area contributed by atoms with E-state index in [1.165, 1.54) is 44.9 Å². The number of carbonyl (C=O) groups excluding carboxylic acids is 1. The van der Waals surface area contributed by atoms with Gasteiger partial charge in [-0.05, 0) is 18.2 Å². The Morgan fingerprint density at radius 2 is 1.74 bits per heavy atom. The number of ether oxygens (including phenoxy) is 1. The molecule has 2 unspecified atom stereocenters. The van der Waals surface area contributed by atoms with Gasteiger partial charge in [0, 0.05) is 6.42 Å². The van der Waals surface area contributed by atoms with E-state index in [0.29, 0.717) is 13.0 Å². The number of carbonyl (C=O) groups is 1. The summed E-state index contributed by atoms with van der Waals surface area (Å²) in [5, 5.41) is 0. The molecule has 8 heteroatoms. The van der Waals surface area contributed by atoms with Crippen LogP contribution in [0.25, 0.3) is 0 Å². The molecule has 0 aromatic rings. The molecule has 1 rings (SSSR count). The summed E-state index contributed by atoms with van der Waals surface area (Å²) in [4.78, 5) is 11.6. The van der Waals surface area contributed by atoms with E-state index in [1.807, 2.05) is 0 Å². The second-order valence-corrected chi connectivity index (χ2v) is 11.0. The average Bonchev–Trinajstić information content (AvgIpc) is 2.83. The molecule has 5 nitrogen and oxygen atoms in total. The van der Waals surface area contributed by atoms with E-state index in [1.54, 1.807) is 0 Å². The second-order valence-electron chi connectivity index (χ2n) is 5.75. The van der Waals surface area contributed by atoms with Crippen molar-refractivity contribution < 1.29 is 18.6 Å². The van der Waals surface area contributed by atoms with Crippen LogP contribution in [0.1, 0.15) is 71.1 Å². The van der Waals surface area contributed by atoms with Crippen molar-refractivity contribution in [1.82, 2.24) is 6.15 Å². The van der Waals surface area contributed by atoms with E-state index in [2.05, 4.69) is 19.2 Å². The van der Waals surface area contributed by atoms with E-state index in [-0.39, 0.29) is 24.8 Å². The van der Waals surface area contributed by atoms with Crippen LogP contribution in [-0.2, 0) is 30.4 Å². The first-order valence-electron chi connectivity index (χ1n) is 8.35. The Hall–Kier alpha value is 0.350. The van der Waals surface area contributed by atoms with Crippen molar-refractivity contribution >= 4 is 35.7 Å². The minimum absolute atomic E-state index is 0. The lowest BCUT2D eigenvalue weighted by Gasteiger charge is -2.10. The highest BCUT2D eigenvalue weighted by molar-refractivity contribution is 8.60. The molecule has 3 N–H and O–H groups in total. The zero-order chi connectivity index (χ0) is 16.3. The van der Waals surface area contributed by atoms with Gasteiger partial charge in [-0.1, -0.05) is 70.5 Å². The van der Waals surface area contributed by atoms with Crippen molar-refractivity contribution in [2.24, 2.45) is 0 Å². The maximum absolute atomic E-state index is 11.6. The quantitative estimate of drug-likeness (QED) is 0.208. The van der Waals surface area contributed by atoms with E-state index >= 15 is 0 Å². The summed E-state index contributed by atoms with van der Waals surface area (Å²) in [5.41, 5.74) is -2.37. The molecule has 0 radical (unpaired) electrons. The van der Waals surface area contributed by atoms with Crippen molar-refractivity contribution in [1.29, 1.82) is 0 Å². The van der Waals surface area contributed by atoms with E-state index in [4.69, 9.17) is 25.6 Å². The average molecular weight is 386 g/mol. The van der Waals surface area contributed by atoms with E-state index in [0.717, 1.165) is 12.8 Å². The van der Waals surface area contributed by atoms with Crippen LogP contribution < -0.4 is 6.15 Å². The molecule has 0 saturated carbocycles. The van der Waals surface area contributed by atoms with Gasteiger partial charge in [0.25, 0.3) is 0 Å². The van der Waals surface area contributed by atoms with E-state index in [9.17, 15) is 4.79 Å². The zero-order valence-electron chi connectivity index (χ0n) is 14.2. The van der Waals surface area contributed by atoms with Crippen LogP contribution in [0, 0.1) is 0 Å². The summed E-state index contributed by atoms with van der Waals surface area (Å²) >= 11 is 9.11. The van der Waals surface area contributed by atoms with Gasteiger partial charge < -0.3 is 19.9 Å². The van der Waals surface area contributed by atoms with Gasteiger partial charge in [-0.2, -0.15) is 0 Å². The molecular weight excluding hydrogens is 353 g/mol. The number of unbranched alkanes of at least 4 members (excludes halogenated alkanes) is 8. The first-order valence-corrected chi connectivity index (χ1v) is 12.1. The van der Waals surface area contributed by atoms with Gasteiger partial charge >= 0.3 is 5.97 Å². The number of esters is 1. The lowest BCUT2D eigenvalue weighted by Crippen LogP contribution is -2.20. The maximum atomic E-state index is 11.6. The largest absolute Gasteiger partial charge is 0.463 e. The van der Waals surface area contributed by atoms with Crippen molar-refractivity contribution in [3.63, 3.8) is 0 Å². The van der Waals surface area contributed by atoms with Crippen LogP contribution in [0.5, 0.6) is 0 Å². The highest BCUT2D eigenvalue weighted by Gasteiger charge is 2.30. The van der Waals surface area contributed by atoms with Crippen LogP contribution in [0.3, 0.4) is 0 Å². The molecule has 0 aromatic carbocycles. The van der Waals surface area contributed by atoms with Gasteiger partial charge in [0.1, 0.15) is 12.7 Å². The molecule has 138 valence electrons.